The van der Waals surface area contributed by atoms with E-state index in [0.29, 0.717) is 11.8 Å². The Morgan fingerprint density at radius 3 is 2.80 bits per heavy atom. The average molecular weight is 277 g/mol. The fourth-order valence-corrected chi connectivity index (χ4v) is 2.80. The number of ether oxygens (including phenoxy) is 1. The average Bonchev–Trinajstić information content (AvgIpc) is 3.19. The molecule has 6 nitrogen and oxygen atoms in total. The van der Waals surface area contributed by atoms with Gasteiger partial charge in [0.05, 0.1) is 18.1 Å². The van der Waals surface area contributed by atoms with Gasteiger partial charge in [0, 0.05) is 43.0 Å². The molecule has 1 aliphatic heterocycles. The number of anilines is 1. The van der Waals surface area contributed by atoms with Crippen LogP contribution in [0.5, 0.6) is 5.75 Å². The highest BCUT2D eigenvalue weighted by molar-refractivity contribution is 5.57. The van der Waals surface area contributed by atoms with Crippen molar-refractivity contribution in [1.82, 2.24) is 4.90 Å². The molecule has 0 radical (unpaired) electrons. The van der Waals surface area contributed by atoms with Crippen LogP contribution in [0.2, 0.25) is 0 Å². The van der Waals surface area contributed by atoms with Crippen molar-refractivity contribution in [3.8, 4) is 5.75 Å². The minimum absolute atomic E-state index is 0.0592. The Bertz CT molecular complexity index is 516. The first-order valence-electron chi connectivity index (χ1n) is 7.00. The Hall–Kier alpha value is -1.82. The fourth-order valence-electron chi connectivity index (χ4n) is 2.80. The van der Waals surface area contributed by atoms with Crippen LogP contribution in [0.3, 0.4) is 0 Å². The second-order valence-electron chi connectivity index (χ2n) is 5.53. The van der Waals surface area contributed by atoms with E-state index in [9.17, 15) is 10.1 Å². The molecule has 2 fully saturated rings. The molecule has 2 aliphatic rings. The van der Waals surface area contributed by atoms with Gasteiger partial charge < -0.3 is 10.1 Å². The topological polar surface area (TPSA) is 67.6 Å². The SMILES string of the molecule is COc1cc(NC2CCN(C3CC3)C2)cc([N+](=O)[O-])c1. The summed E-state index contributed by atoms with van der Waals surface area (Å²) >= 11 is 0. The van der Waals surface area contributed by atoms with Crippen molar-refractivity contribution in [2.75, 3.05) is 25.5 Å². The molecule has 108 valence electrons. The van der Waals surface area contributed by atoms with E-state index in [4.69, 9.17) is 4.74 Å². The first kappa shape index (κ1) is 13.2. The number of benzene rings is 1. The second kappa shape index (κ2) is 5.28. The fraction of sp³-hybridized carbons (Fsp3) is 0.571. The van der Waals surface area contributed by atoms with Gasteiger partial charge in [0.1, 0.15) is 5.75 Å². The summed E-state index contributed by atoms with van der Waals surface area (Å²) in [6.45, 7) is 2.14. The van der Waals surface area contributed by atoms with Crippen LogP contribution in [-0.2, 0) is 0 Å². The molecule has 1 aliphatic carbocycles. The summed E-state index contributed by atoms with van der Waals surface area (Å²) in [5.74, 6) is 0.513. The van der Waals surface area contributed by atoms with Crippen molar-refractivity contribution < 1.29 is 9.66 Å². The lowest BCUT2D eigenvalue weighted by atomic mass is 10.2. The summed E-state index contributed by atoms with van der Waals surface area (Å²) in [4.78, 5) is 13.0. The molecule has 1 heterocycles. The Balaban J connectivity index is 1.70. The second-order valence-corrected chi connectivity index (χ2v) is 5.53. The van der Waals surface area contributed by atoms with Crippen LogP contribution in [0.4, 0.5) is 11.4 Å². The molecule has 20 heavy (non-hydrogen) atoms. The normalized spacial score (nSPS) is 22.8. The molecular weight excluding hydrogens is 258 g/mol. The van der Waals surface area contributed by atoms with Crippen LogP contribution in [-0.4, -0.2) is 42.1 Å². The van der Waals surface area contributed by atoms with E-state index in [0.717, 1.165) is 31.2 Å². The van der Waals surface area contributed by atoms with Gasteiger partial charge in [-0.15, -0.1) is 0 Å². The highest BCUT2D eigenvalue weighted by Gasteiger charge is 2.34. The Morgan fingerprint density at radius 1 is 1.35 bits per heavy atom. The van der Waals surface area contributed by atoms with Crippen LogP contribution in [0.25, 0.3) is 0 Å². The number of likely N-dealkylation sites (tertiary alicyclic amines) is 1. The highest BCUT2D eigenvalue weighted by atomic mass is 16.6. The Morgan fingerprint density at radius 2 is 2.15 bits per heavy atom. The predicted octanol–water partition coefficient (Wildman–Crippen LogP) is 2.25. The van der Waals surface area contributed by atoms with Crippen LogP contribution >= 0.6 is 0 Å². The molecule has 0 bridgehead atoms. The van der Waals surface area contributed by atoms with E-state index < -0.39 is 4.92 Å². The number of nitro groups is 1. The van der Waals surface area contributed by atoms with Gasteiger partial charge in [-0.1, -0.05) is 0 Å². The van der Waals surface area contributed by atoms with E-state index in [2.05, 4.69) is 10.2 Å². The zero-order valence-corrected chi connectivity index (χ0v) is 11.5. The monoisotopic (exact) mass is 277 g/mol. The molecule has 0 amide bonds. The number of methoxy groups -OCH3 is 1. The van der Waals surface area contributed by atoms with Crippen LogP contribution in [0.1, 0.15) is 19.3 Å². The number of hydrogen-bond donors (Lipinski definition) is 1. The van der Waals surface area contributed by atoms with Gasteiger partial charge in [-0.3, -0.25) is 15.0 Å². The van der Waals surface area contributed by atoms with E-state index in [1.807, 2.05) is 6.07 Å². The van der Waals surface area contributed by atoms with Crippen molar-refractivity contribution in [3.05, 3.63) is 28.3 Å². The summed E-state index contributed by atoms with van der Waals surface area (Å²) in [6.07, 6.45) is 3.72. The summed E-state index contributed by atoms with van der Waals surface area (Å²) in [5.41, 5.74) is 0.822. The van der Waals surface area contributed by atoms with E-state index in [-0.39, 0.29) is 5.69 Å². The Kier molecular flexibility index (Phi) is 3.48. The minimum Gasteiger partial charge on any atom is -0.496 e. The maximum absolute atomic E-state index is 10.9. The third-order valence-electron chi connectivity index (χ3n) is 3.99. The van der Waals surface area contributed by atoms with Crippen LogP contribution in [0, 0.1) is 10.1 Å². The van der Waals surface area contributed by atoms with Gasteiger partial charge in [0.2, 0.25) is 0 Å². The van der Waals surface area contributed by atoms with Crippen molar-refractivity contribution in [2.45, 2.75) is 31.3 Å². The van der Waals surface area contributed by atoms with Crippen LogP contribution in [0.15, 0.2) is 18.2 Å². The first-order chi connectivity index (χ1) is 9.65. The minimum atomic E-state index is -0.390. The van der Waals surface area contributed by atoms with E-state index in [1.165, 1.54) is 26.0 Å². The predicted molar refractivity (Wildman–Crippen MR) is 76.3 cm³/mol. The summed E-state index contributed by atoms with van der Waals surface area (Å²) in [7, 11) is 1.52. The molecule has 1 atom stereocenters. The quantitative estimate of drug-likeness (QED) is 0.660. The Labute approximate surface area is 117 Å². The molecular formula is C14H19N3O3. The van der Waals surface area contributed by atoms with Gasteiger partial charge in [-0.25, -0.2) is 0 Å². The zero-order valence-electron chi connectivity index (χ0n) is 11.5. The zero-order chi connectivity index (χ0) is 14.1. The van der Waals surface area contributed by atoms with E-state index >= 15 is 0 Å². The molecule has 1 aromatic carbocycles. The third kappa shape index (κ3) is 2.85. The van der Waals surface area contributed by atoms with Gasteiger partial charge in [-0.2, -0.15) is 0 Å². The molecule has 0 spiro atoms. The van der Waals surface area contributed by atoms with Crippen molar-refractivity contribution in [2.24, 2.45) is 0 Å². The number of nitrogens with zero attached hydrogens (tertiary/aromatic N) is 2. The van der Waals surface area contributed by atoms with Crippen LogP contribution < -0.4 is 10.1 Å². The smallest absolute Gasteiger partial charge is 0.275 e. The molecule has 1 saturated carbocycles. The lowest BCUT2D eigenvalue weighted by Gasteiger charge is -2.17. The highest BCUT2D eigenvalue weighted by Crippen LogP contribution is 2.32. The maximum atomic E-state index is 10.9. The van der Waals surface area contributed by atoms with Crippen molar-refractivity contribution >= 4 is 11.4 Å². The molecule has 0 aromatic heterocycles. The largest absolute Gasteiger partial charge is 0.496 e. The number of nitrogens with one attached hydrogen (secondary N) is 1. The lowest BCUT2D eigenvalue weighted by molar-refractivity contribution is -0.384. The van der Waals surface area contributed by atoms with Crippen molar-refractivity contribution in [3.63, 3.8) is 0 Å². The number of rotatable bonds is 5. The molecule has 1 saturated heterocycles. The maximum Gasteiger partial charge on any atom is 0.275 e. The molecule has 6 heteroatoms. The van der Waals surface area contributed by atoms with Gasteiger partial charge in [-0.05, 0) is 19.3 Å². The van der Waals surface area contributed by atoms with Gasteiger partial charge in [0.15, 0.2) is 0 Å². The number of non-ortho nitro benzene ring substituents is 1. The molecule has 1 N–H and O–H groups in total. The first-order valence-corrected chi connectivity index (χ1v) is 7.00. The van der Waals surface area contributed by atoms with Gasteiger partial charge in [0.25, 0.3) is 5.69 Å². The standard InChI is InChI=1S/C14H19N3O3/c1-20-14-7-11(6-13(8-14)17(18)19)15-10-4-5-16(9-10)12-2-3-12/h6-8,10,12,15H,2-5,9H2,1H3. The molecule has 3 rings (SSSR count). The van der Waals surface area contributed by atoms with Gasteiger partial charge >= 0.3 is 0 Å². The van der Waals surface area contributed by atoms with E-state index in [1.54, 1.807) is 6.07 Å². The summed E-state index contributed by atoms with van der Waals surface area (Å²) < 4.78 is 5.12. The van der Waals surface area contributed by atoms with Crippen molar-refractivity contribution in [1.29, 1.82) is 0 Å². The summed E-state index contributed by atoms with van der Waals surface area (Å²) in [6, 6.07) is 5.97. The number of hydrogen-bond acceptors (Lipinski definition) is 5. The summed E-state index contributed by atoms with van der Waals surface area (Å²) in [5, 5.41) is 14.3. The number of nitro benzene ring substituents is 1. The third-order valence-corrected chi connectivity index (χ3v) is 3.99. The lowest BCUT2D eigenvalue weighted by Crippen LogP contribution is -2.27. The molecule has 1 unspecified atom stereocenters. The molecule has 1 aromatic rings.